The molecule has 1 aliphatic carbocycles. The second-order valence-electron chi connectivity index (χ2n) is 7.31. The van der Waals surface area contributed by atoms with Gasteiger partial charge < -0.3 is 10.4 Å². The number of carboxylic acid groups (broad SMARTS) is 1. The molecule has 0 spiro atoms. The molecule has 7 heteroatoms. The molecular formula is C19H25N3O4. The van der Waals surface area contributed by atoms with Crippen molar-refractivity contribution < 1.29 is 19.5 Å². The number of nitrogens with zero attached hydrogens (tertiary/aromatic N) is 1. The molecule has 2 fully saturated rings. The monoisotopic (exact) mass is 359 g/mol. The van der Waals surface area contributed by atoms with Gasteiger partial charge in [-0.25, -0.2) is 4.79 Å². The van der Waals surface area contributed by atoms with Gasteiger partial charge in [0.05, 0.1) is 11.5 Å². The van der Waals surface area contributed by atoms with Gasteiger partial charge in [-0.1, -0.05) is 36.8 Å². The van der Waals surface area contributed by atoms with E-state index in [2.05, 4.69) is 10.6 Å². The Morgan fingerprint density at radius 2 is 2.04 bits per heavy atom. The number of carbonyl (C=O) groups is 3. The van der Waals surface area contributed by atoms with Crippen LogP contribution in [0.15, 0.2) is 30.3 Å². The summed E-state index contributed by atoms with van der Waals surface area (Å²) in [7, 11) is 0. The second kappa shape index (κ2) is 7.45. The Morgan fingerprint density at radius 1 is 1.31 bits per heavy atom. The summed E-state index contributed by atoms with van der Waals surface area (Å²) in [6, 6.07) is 8.34. The Hall–Kier alpha value is -2.41. The number of imide groups is 1. The van der Waals surface area contributed by atoms with Gasteiger partial charge in [-0.3, -0.25) is 19.8 Å². The van der Waals surface area contributed by atoms with E-state index in [1.54, 1.807) is 6.92 Å². The predicted molar refractivity (Wildman–Crippen MR) is 95.3 cm³/mol. The summed E-state index contributed by atoms with van der Waals surface area (Å²) in [5, 5.41) is 14.7. The van der Waals surface area contributed by atoms with Crippen LogP contribution in [-0.2, 0) is 16.1 Å². The van der Waals surface area contributed by atoms with Crippen molar-refractivity contribution in [2.24, 2.45) is 11.3 Å². The maximum absolute atomic E-state index is 12.4. The maximum atomic E-state index is 12.4. The van der Waals surface area contributed by atoms with Crippen LogP contribution in [0.5, 0.6) is 0 Å². The molecule has 3 rings (SSSR count). The summed E-state index contributed by atoms with van der Waals surface area (Å²) in [6.07, 6.45) is 2.47. The molecule has 1 aliphatic heterocycles. The highest BCUT2D eigenvalue weighted by molar-refractivity contribution is 5.96. The third-order valence-electron chi connectivity index (χ3n) is 5.78. The van der Waals surface area contributed by atoms with Gasteiger partial charge >= 0.3 is 12.0 Å². The second-order valence-corrected chi connectivity index (χ2v) is 7.31. The van der Waals surface area contributed by atoms with Crippen molar-refractivity contribution in [2.75, 3.05) is 13.1 Å². The molecule has 1 aromatic carbocycles. The lowest BCUT2D eigenvalue weighted by Gasteiger charge is -2.26. The van der Waals surface area contributed by atoms with Crippen molar-refractivity contribution >= 4 is 17.9 Å². The number of urea groups is 1. The predicted octanol–water partition coefficient (Wildman–Crippen LogP) is 1.59. The molecule has 0 bridgehead atoms. The Labute approximate surface area is 152 Å². The van der Waals surface area contributed by atoms with E-state index in [0.29, 0.717) is 26.1 Å². The van der Waals surface area contributed by atoms with Crippen LogP contribution in [0.2, 0.25) is 0 Å². The first-order chi connectivity index (χ1) is 12.4. The van der Waals surface area contributed by atoms with Crippen molar-refractivity contribution in [3.05, 3.63) is 35.9 Å². The Bertz CT molecular complexity index is 693. The highest BCUT2D eigenvalue weighted by Gasteiger charge is 2.55. The van der Waals surface area contributed by atoms with E-state index in [1.165, 1.54) is 0 Å². The molecule has 3 N–H and O–H groups in total. The lowest BCUT2D eigenvalue weighted by molar-refractivity contribution is -0.149. The topological polar surface area (TPSA) is 98.7 Å². The van der Waals surface area contributed by atoms with Gasteiger partial charge in [0.25, 0.3) is 0 Å². The first-order valence-electron chi connectivity index (χ1n) is 9.02. The van der Waals surface area contributed by atoms with Crippen LogP contribution in [0.4, 0.5) is 4.79 Å². The number of nitrogens with one attached hydrogen (secondary N) is 2. The van der Waals surface area contributed by atoms with E-state index in [9.17, 15) is 19.5 Å². The van der Waals surface area contributed by atoms with Crippen LogP contribution in [0.3, 0.4) is 0 Å². The number of amides is 3. The highest BCUT2D eigenvalue weighted by atomic mass is 16.4. The van der Waals surface area contributed by atoms with Gasteiger partial charge in [0.15, 0.2) is 0 Å². The van der Waals surface area contributed by atoms with Crippen LogP contribution in [0.1, 0.15) is 31.7 Å². The van der Waals surface area contributed by atoms with Gasteiger partial charge in [-0.2, -0.15) is 0 Å². The number of hydrogen-bond donors (Lipinski definition) is 3. The molecule has 1 unspecified atom stereocenters. The first kappa shape index (κ1) is 18.4. The number of aliphatic carboxylic acids is 1. The fourth-order valence-electron chi connectivity index (χ4n) is 4.18. The van der Waals surface area contributed by atoms with Crippen LogP contribution in [0, 0.1) is 11.3 Å². The lowest BCUT2D eigenvalue weighted by Crippen LogP contribution is -2.49. The molecule has 3 amide bonds. The number of carbonyl (C=O) groups excluding carboxylic acids is 2. The van der Waals surface area contributed by atoms with Gasteiger partial charge in [0.1, 0.15) is 0 Å². The normalized spacial score (nSPS) is 26.1. The quantitative estimate of drug-likeness (QED) is 0.741. The minimum absolute atomic E-state index is 0.0853. The SMILES string of the molecule is CC(C(=O)NC(=O)NCc1ccccc1)N1C[C@@H]2CCC[C@@]2(C(=O)O)C1. The summed E-state index contributed by atoms with van der Waals surface area (Å²) in [4.78, 5) is 38.0. The number of hydrogen-bond acceptors (Lipinski definition) is 4. The van der Waals surface area contributed by atoms with Gasteiger partial charge in [-0.05, 0) is 31.2 Å². The molecule has 1 saturated heterocycles. The van der Waals surface area contributed by atoms with E-state index in [4.69, 9.17) is 0 Å². The van der Waals surface area contributed by atoms with E-state index in [0.717, 1.165) is 18.4 Å². The van der Waals surface area contributed by atoms with Crippen molar-refractivity contribution in [2.45, 2.75) is 38.8 Å². The third-order valence-corrected chi connectivity index (χ3v) is 5.78. The zero-order chi connectivity index (χ0) is 18.7. The summed E-state index contributed by atoms with van der Waals surface area (Å²) in [5.74, 6) is -1.09. The van der Waals surface area contributed by atoms with E-state index in [1.807, 2.05) is 35.2 Å². The molecule has 1 heterocycles. The zero-order valence-electron chi connectivity index (χ0n) is 14.9. The molecule has 2 aliphatic rings. The van der Waals surface area contributed by atoms with E-state index in [-0.39, 0.29) is 5.92 Å². The fourth-order valence-corrected chi connectivity index (χ4v) is 4.18. The summed E-state index contributed by atoms with van der Waals surface area (Å²) >= 11 is 0. The van der Waals surface area contributed by atoms with Crippen LogP contribution < -0.4 is 10.6 Å². The van der Waals surface area contributed by atoms with Crippen molar-refractivity contribution in [1.82, 2.24) is 15.5 Å². The standard InChI is InChI=1S/C19H25N3O4/c1-13(22-11-15-8-5-9-19(15,12-22)17(24)25)16(23)21-18(26)20-10-14-6-3-2-4-7-14/h2-4,6-7,13,15H,5,8-12H2,1H3,(H,24,25)(H2,20,21,23,26)/t13?,15-,19+/m0/s1. The number of carboxylic acids is 1. The minimum Gasteiger partial charge on any atom is -0.481 e. The Morgan fingerprint density at radius 3 is 2.69 bits per heavy atom. The highest BCUT2D eigenvalue weighted by Crippen LogP contribution is 2.49. The van der Waals surface area contributed by atoms with Crippen molar-refractivity contribution in [3.63, 3.8) is 0 Å². The van der Waals surface area contributed by atoms with Gasteiger partial charge in [-0.15, -0.1) is 0 Å². The Balaban J connectivity index is 1.52. The average molecular weight is 359 g/mol. The molecule has 0 aromatic heterocycles. The molecule has 0 radical (unpaired) electrons. The largest absolute Gasteiger partial charge is 0.481 e. The molecule has 1 saturated carbocycles. The molecule has 1 aromatic rings. The number of rotatable bonds is 5. The summed E-state index contributed by atoms with van der Waals surface area (Å²) < 4.78 is 0. The summed E-state index contributed by atoms with van der Waals surface area (Å²) in [5.41, 5.74) is 0.211. The fraction of sp³-hybridized carbons (Fsp3) is 0.526. The molecule has 140 valence electrons. The van der Waals surface area contributed by atoms with Gasteiger partial charge in [0, 0.05) is 19.6 Å². The van der Waals surface area contributed by atoms with Crippen molar-refractivity contribution in [1.29, 1.82) is 0 Å². The number of benzene rings is 1. The maximum Gasteiger partial charge on any atom is 0.321 e. The van der Waals surface area contributed by atoms with E-state index >= 15 is 0 Å². The minimum atomic E-state index is -0.768. The van der Waals surface area contributed by atoms with Crippen LogP contribution in [0.25, 0.3) is 0 Å². The lowest BCUT2D eigenvalue weighted by atomic mass is 9.81. The number of likely N-dealkylation sites (tertiary alicyclic amines) is 1. The molecule has 3 atom stereocenters. The summed E-state index contributed by atoms with van der Waals surface area (Å²) in [6.45, 7) is 3.01. The van der Waals surface area contributed by atoms with E-state index < -0.39 is 29.4 Å². The van der Waals surface area contributed by atoms with Crippen LogP contribution in [-0.4, -0.2) is 47.0 Å². The number of fused-ring (bicyclic) bond motifs is 1. The van der Waals surface area contributed by atoms with Crippen molar-refractivity contribution in [3.8, 4) is 0 Å². The molecule has 26 heavy (non-hydrogen) atoms. The third kappa shape index (κ3) is 3.58. The Kier molecular flexibility index (Phi) is 5.27. The molecular weight excluding hydrogens is 334 g/mol. The zero-order valence-corrected chi connectivity index (χ0v) is 14.9. The van der Waals surface area contributed by atoms with Crippen LogP contribution >= 0.6 is 0 Å². The average Bonchev–Trinajstić information content (AvgIpc) is 3.18. The van der Waals surface area contributed by atoms with Gasteiger partial charge in [0.2, 0.25) is 5.91 Å². The molecule has 7 nitrogen and oxygen atoms in total. The first-order valence-corrected chi connectivity index (χ1v) is 9.02. The smallest absolute Gasteiger partial charge is 0.321 e.